The third-order valence-corrected chi connectivity index (χ3v) is 3.57. The predicted octanol–water partition coefficient (Wildman–Crippen LogP) is 4.28. The Morgan fingerprint density at radius 1 is 1.40 bits per heavy atom. The maximum absolute atomic E-state index is 10.2. The molecular formula is C12H12BrClO. The highest BCUT2D eigenvalue weighted by Crippen LogP contribution is 2.29. The van der Waals surface area contributed by atoms with E-state index < -0.39 is 0 Å². The lowest BCUT2D eigenvalue weighted by Crippen LogP contribution is -1.83. The minimum Gasteiger partial charge on any atom is -0.303 e. The molecule has 0 bridgehead atoms. The summed E-state index contributed by atoms with van der Waals surface area (Å²) in [7, 11) is 0. The highest BCUT2D eigenvalue weighted by Gasteiger charge is 2.03. The van der Waals surface area contributed by atoms with Crippen LogP contribution in [0.1, 0.15) is 24.0 Å². The number of carbonyl (C=O) groups is 1. The number of benzene rings is 1. The first kappa shape index (κ1) is 12.5. The van der Waals surface area contributed by atoms with Gasteiger partial charge in [-0.15, -0.1) is 0 Å². The van der Waals surface area contributed by atoms with E-state index in [2.05, 4.69) is 15.9 Å². The van der Waals surface area contributed by atoms with E-state index in [1.165, 1.54) is 5.56 Å². The smallest absolute Gasteiger partial charge is 0.120 e. The molecule has 3 heteroatoms. The van der Waals surface area contributed by atoms with Crippen molar-refractivity contribution in [3.05, 3.63) is 40.4 Å². The molecule has 0 atom stereocenters. The summed E-state index contributed by atoms with van der Waals surface area (Å²) in [6.45, 7) is 2.04. The van der Waals surface area contributed by atoms with Crippen LogP contribution >= 0.6 is 27.5 Å². The Labute approximate surface area is 103 Å². The molecule has 0 saturated heterocycles. The van der Waals surface area contributed by atoms with E-state index in [1.54, 1.807) is 0 Å². The Hall–Kier alpha value is -0.600. The Balaban J connectivity index is 2.86. The number of aldehydes is 1. The molecule has 0 heterocycles. The molecule has 0 aliphatic rings. The SMILES string of the molecule is Cc1ccc(/C(Br)=C(/Cl)CCC=O)cc1. The molecule has 0 amide bonds. The van der Waals surface area contributed by atoms with Crippen molar-refractivity contribution in [1.82, 2.24) is 0 Å². The number of rotatable bonds is 4. The Kier molecular flexibility index (Phi) is 5.06. The second-order valence-corrected chi connectivity index (χ2v) is 4.54. The molecule has 15 heavy (non-hydrogen) atoms. The minimum atomic E-state index is 0.458. The quantitative estimate of drug-likeness (QED) is 0.756. The van der Waals surface area contributed by atoms with Gasteiger partial charge in [0, 0.05) is 15.9 Å². The molecule has 0 unspecified atom stereocenters. The number of aryl methyl sites for hydroxylation is 1. The third kappa shape index (κ3) is 3.80. The molecule has 0 aliphatic carbocycles. The zero-order chi connectivity index (χ0) is 11.3. The van der Waals surface area contributed by atoms with Crippen molar-refractivity contribution in [2.75, 3.05) is 0 Å². The van der Waals surface area contributed by atoms with Crippen molar-refractivity contribution in [3.63, 3.8) is 0 Å². The molecule has 0 aliphatic heterocycles. The van der Waals surface area contributed by atoms with Crippen LogP contribution in [-0.4, -0.2) is 6.29 Å². The molecule has 0 saturated carbocycles. The average molecular weight is 288 g/mol. The van der Waals surface area contributed by atoms with Crippen LogP contribution in [0.15, 0.2) is 29.3 Å². The fourth-order valence-electron chi connectivity index (χ4n) is 1.15. The first-order chi connectivity index (χ1) is 7.15. The number of hydrogen-bond donors (Lipinski definition) is 0. The van der Waals surface area contributed by atoms with Crippen molar-refractivity contribution in [2.24, 2.45) is 0 Å². The van der Waals surface area contributed by atoms with Crippen molar-refractivity contribution in [1.29, 1.82) is 0 Å². The standard InChI is InChI=1S/C12H12BrClO/c1-9-4-6-10(7-5-9)12(13)11(14)3-2-8-15/h4-8H,2-3H2,1H3/b12-11-. The molecule has 1 aromatic carbocycles. The lowest BCUT2D eigenvalue weighted by atomic mass is 10.1. The summed E-state index contributed by atoms with van der Waals surface area (Å²) in [5, 5.41) is 0.686. The summed E-state index contributed by atoms with van der Waals surface area (Å²) in [6.07, 6.45) is 1.91. The van der Waals surface area contributed by atoms with Gasteiger partial charge >= 0.3 is 0 Å². The van der Waals surface area contributed by atoms with Crippen LogP contribution in [0.25, 0.3) is 4.48 Å². The van der Waals surface area contributed by atoms with E-state index in [9.17, 15) is 4.79 Å². The van der Waals surface area contributed by atoms with Crippen LogP contribution in [0.2, 0.25) is 0 Å². The van der Waals surface area contributed by atoms with Gasteiger partial charge < -0.3 is 4.79 Å². The van der Waals surface area contributed by atoms with Crippen LogP contribution < -0.4 is 0 Å². The van der Waals surface area contributed by atoms with Gasteiger partial charge in [0.2, 0.25) is 0 Å². The first-order valence-corrected chi connectivity index (χ1v) is 5.87. The fraction of sp³-hybridized carbons (Fsp3) is 0.250. The molecule has 0 fully saturated rings. The fourth-order valence-corrected chi connectivity index (χ4v) is 1.83. The Morgan fingerprint density at radius 2 is 2.00 bits per heavy atom. The van der Waals surface area contributed by atoms with E-state index in [4.69, 9.17) is 11.6 Å². The van der Waals surface area contributed by atoms with Crippen LogP contribution in [-0.2, 0) is 4.79 Å². The molecule has 1 rings (SSSR count). The molecule has 0 aromatic heterocycles. The molecule has 80 valence electrons. The lowest BCUT2D eigenvalue weighted by molar-refractivity contribution is -0.107. The van der Waals surface area contributed by atoms with Gasteiger partial charge in [-0.1, -0.05) is 41.4 Å². The Bertz CT molecular complexity index is 368. The molecule has 1 aromatic rings. The van der Waals surface area contributed by atoms with Gasteiger partial charge in [-0.05, 0) is 34.8 Å². The molecular weight excluding hydrogens is 275 g/mol. The van der Waals surface area contributed by atoms with Gasteiger partial charge in [0.15, 0.2) is 0 Å². The Morgan fingerprint density at radius 3 is 2.53 bits per heavy atom. The van der Waals surface area contributed by atoms with Crippen LogP contribution in [0.5, 0.6) is 0 Å². The van der Waals surface area contributed by atoms with Crippen molar-refractivity contribution in [3.8, 4) is 0 Å². The summed E-state index contributed by atoms with van der Waals surface area (Å²) < 4.78 is 0.867. The zero-order valence-corrected chi connectivity index (χ0v) is 10.8. The van der Waals surface area contributed by atoms with Crippen molar-refractivity contribution >= 4 is 38.3 Å². The molecule has 0 radical (unpaired) electrons. The molecule has 0 spiro atoms. The number of hydrogen-bond acceptors (Lipinski definition) is 1. The summed E-state index contributed by atoms with van der Waals surface area (Å²) in [4.78, 5) is 10.2. The maximum Gasteiger partial charge on any atom is 0.120 e. The number of allylic oxidation sites excluding steroid dienone is 1. The number of carbonyl (C=O) groups excluding carboxylic acids is 1. The van der Waals surface area contributed by atoms with Gasteiger partial charge in [-0.2, -0.15) is 0 Å². The van der Waals surface area contributed by atoms with Gasteiger partial charge in [0.1, 0.15) is 6.29 Å². The summed E-state index contributed by atoms with van der Waals surface area (Å²) in [5.74, 6) is 0. The van der Waals surface area contributed by atoms with Crippen LogP contribution in [0.3, 0.4) is 0 Å². The van der Waals surface area contributed by atoms with E-state index in [0.717, 1.165) is 16.3 Å². The van der Waals surface area contributed by atoms with Crippen molar-refractivity contribution in [2.45, 2.75) is 19.8 Å². The third-order valence-electron chi connectivity index (χ3n) is 2.02. The minimum absolute atomic E-state index is 0.458. The van der Waals surface area contributed by atoms with Crippen LogP contribution in [0.4, 0.5) is 0 Å². The van der Waals surface area contributed by atoms with Crippen LogP contribution in [0, 0.1) is 6.92 Å². The summed E-state index contributed by atoms with van der Waals surface area (Å²) >= 11 is 9.50. The maximum atomic E-state index is 10.2. The van der Waals surface area contributed by atoms with Gasteiger partial charge in [0.05, 0.1) is 0 Å². The normalized spacial score (nSPS) is 12.2. The van der Waals surface area contributed by atoms with E-state index in [-0.39, 0.29) is 0 Å². The predicted molar refractivity (Wildman–Crippen MR) is 68.2 cm³/mol. The molecule has 1 nitrogen and oxygen atoms in total. The highest BCUT2D eigenvalue weighted by atomic mass is 79.9. The second kappa shape index (κ2) is 6.09. The zero-order valence-electron chi connectivity index (χ0n) is 8.47. The first-order valence-electron chi connectivity index (χ1n) is 4.70. The topological polar surface area (TPSA) is 17.1 Å². The average Bonchev–Trinajstić information content (AvgIpc) is 2.26. The number of halogens is 2. The van der Waals surface area contributed by atoms with E-state index >= 15 is 0 Å². The lowest BCUT2D eigenvalue weighted by Gasteiger charge is -2.03. The second-order valence-electron chi connectivity index (χ2n) is 3.29. The van der Waals surface area contributed by atoms with Crippen molar-refractivity contribution < 1.29 is 4.79 Å². The molecule has 0 N–H and O–H groups in total. The van der Waals surface area contributed by atoms with E-state index in [1.807, 2.05) is 31.2 Å². The summed E-state index contributed by atoms with van der Waals surface area (Å²) in [5.41, 5.74) is 2.25. The van der Waals surface area contributed by atoms with Gasteiger partial charge in [0.25, 0.3) is 0 Å². The van der Waals surface area contributed by atoms with Gasteiger partial charge in [-0.3, -0.25) is 0 Å². The largest absolute Gasteiger partial charge is 0.303 e. The van der Waals surface area contributed by atoms with Gasteiger partial charge in [-0.25, -0.2) is 0 Å². The highest BCUT2D eigenvalue weighted by molar-refractivity contribution is 9.15. The monoisotopic (exact) mass is 286 g/mol. The van der Waals surface area contributed by atoms with E-state index in [0.29, 0.717) is 17.9 Å². The summed E-state index contributed by atoms with van der Waals surface area (Å²) in [6, 6.07) is 8.06.